The minimum absolute atomic E-state index is 0. The molecule has 0 radical (unpaired) electrons. The Balaban J connectivity index is -0.000000335. The summed E-state index contributed by atoms with van der Waals surface area (Å²) in [6, 6.07) is 18.7. The first kappa shape index (κ1) is 34.5. The molecule has 3 heteroatoms. The van der Waals surface area contributed by atoms with Crippen molar-refractivity contribution in [1.82, 2.24) is 0 Å². The Morgan fingerprint density at radius 2 is 0.742 bits per heavy atom. The van der Waals surface area contributed by atoms with E-state index in [1.54, 1.807) is 0 Å². The van der Waals surface area contributed by atoms with Crippen molar-refractivity contribution in [1.29, 1.82) is 0 Å². The van der Waals surface area contributed by atoms with E-state index < -0.39 is 0 Å². The van der Waals surface area contributed by atoms with Gasteiger partial charge >= 0.3 is 16.5 Å². The van der Waals surface area contributed by atoms with Crippen LogP contribution in [-0.2, 0) is 16.5 Å². The van der Waals surface area contributed by atoms with Crippen LogP contribution in [0.5, 0.6) is 0 Å². The summed E-state index contributed by atoms with van der Waals surface area (Å²) < 4.78 is 0. The zero-order valence-electron chi connectivity index (χ0n) is 20.2. The standard InChI is InChI=1S/2C8H5.2C6H15P.Ni/c2*1-2-8-6-4-3-5-7-8;2*1-4-7(5-2)6-3;/h2*3-7H;2*4-6H2,1-3H3;/q2*-1;;;+2. The molecule has 0 aliphatic rings. The van der Waals surface area contributed by atoms with Crippen LogP contribution in [0.25, 0.3) is 0 Å². The average molecular weight is 497 g/mol. The van der Waals surface area contributed by atoms with E-state index in [0.29, 0.717) is 15.8 Å². The molecule has 31 heavy (non-hydrogen) atoms. The quantitative estimate of drug-likeness (QED) is 0.163. The first-order valence-electron chi connectivity index (χ1n) is 11.0. The number of rotatable bonds is 6. The van der Waals surface area contributed by atoms with Gasteiger partial charge in [0.15, 0.2) is 0 Å². The molecule has 0 unspecified atom stereocenters. The van der Waals surface area contributed by atoms with Crippen LogP contribution in [0.1, 0.15) is 52.7 Å². The Morgan fingerprint density at radius 1 is 0.516 bits per heavy atom. The second-order valence-corrected chi connectivity index (χ2v) is 12.7. The van der Waals surface area contributed by atoms with E-state index in [1.165, 1.54) is 37.0 Å². The molecule has 0 aliphatic carbocycles. The molecular weight excluding hydrogens is 457 g/mol. The third-order valence-corrected chi connectivity index (χ3v) is 9.89. The summed E-state index contributed by atoms with van der Waals surface area (Å²) in [6.45, 7) is 13.7. The zero-order valence-corrected chi connectivity index (χ0v) is 23.0. The molecule has 0 bridgehead atoms. The van der Waals surface area contributed by atoms with E-state index in [-0.39, 0.29) is 16.5 Å². The Bertz CT molecular complexity index is 591. The predicted octanol–water partition coefficient (Wildman–Crippen LogP) is 8.30. The summed E-state index contributed by atoms with van der Waals surface area (Å²) in [5, 5.41) is 0. The van der Waals surface area contributed by atoms with E-state index in [2.05, 4.69) is 53.4 Å². The van der Waals surface area contributed by atoms with Gasteiger partial charge in [-0.2, -0.15) is 0 Å². The third-order valence-electron chi connectivity index (χ3n) is 4.52. The van der Waals surface area contributed by atoms with Crippen LogP contribution < -0.4 is 0 Å². The molecule has 0 atom stereocenters. The van der Waals surface area contributed by atoms with Crippen molar-refractivity contribution in [2.45, 2.75) is 41.5 Å². The van der Waals surface area contributed by atoms with Crippen LogP contribution in [0.2, 0.25) is 0 Å². The summed E-state index contributed by atoms with van der Waals surface area (Å²) in [6.07, 6.45) is 21.9. The molecule has 2 rings (SSSR count). The van der Waals surface area contributed by atoms with Gasteiger partial charge in [-0.3, -0.25) is 11.8 Å². The van der Waals surface area contributed by atoms with E-state index in [0.717, 1.165) is 11.1 Å². The summed E-state index contributed by atoms with van der Waals surface area (Å²) >= 11 is 0. The molecule has 0 spiro atoms. The maximum atomic E-state index is 6.69. The summed E-state index contributed by atoms with van der Waals surface area (Å²) in [5.41, 5.74) is 1.65. The van der Waals surface area contributed by atoms with Gasteiger partial charge in [0, 0.05) is 0 Å². The van der Waals surface area contributed by atoms with Crippen LogP contribution in [0.4, 0.5) is 0 Å². The SMILES string of the molecule is CCP(CC)CC.CCP(CC)CC.[C-]#Cc1ccccc1.[C-]#Cc1ccccc1.[Ni+2]. The van der Waals surface area contributed by atoms with E-state index in [9.17, 15) is 0 Å². The third kappa shape index (κ3) is 21.9. The summed E-state index contributed by atoms with van der Waals surface area (Å²) in [4.78, 5) is 0. The zero-order chi connectivity index (χ0) is 23.0. The fourth-order valence-corrected chi connectivity index (χ4v) is 5.07. The van der Waals surface area contributed by atoms with Gasteiger partial charge in [0.2, 0.25) is 0 Å². The number of hydrogen-bond donors (Lipinski definition) is 0. The van der Waals surface area contributed by atoms with E-state index in [4.69, 9.17) is 12.8 Å². The van der Waals surface area contributed by atoms with Crippen molar-refractivity contribution < 1.29 is 16.5 Å². The monoisotopic (exact) mass is 496 g/mol. The topological polar surface area (TPSA) is 0 Å². The van der Waals surface area contributed by atoms with Gasteiger partial charge in [0.05, 0.1) is 0 Å². The van der Waals surface area contributed by atoms with Crippen LogP contribution in [0, 0.1) is 24.7 Å². The minimum Gasteiger partial charge on any atom is -0.366 e. The smallest absolute Gasteiger partial charge is 0.366 e. The second kappa shape index (κ2) is 26.9. The van der Waals surface area contributed by atoms with Crippen LogP contribution in [0.3, 0.4) is 0 Å². The minimum atomic E-state index is 0. The van der Waals surface area contributed by atoms with Crippen LogP contribution >= 0.6 is 15.8 Å². The van der Waals surface area contributed by atoms with Gasteiger partial charge in [-0.15, -0.1) is 51.2 Å². The normalized spacial score (nSPS) is 8.71. The molecule has 0 nitrogen and oxygen atoms in total. The van der Waals surface area contributed by atoms with E-state index >= 15 is 0 Å². The molecule has 172 valence electrons. The fourth-order valence-electron chi connectivity index (χ4n) is 2.38. The van der Waals surface area contributed by atoms with Crippen molar-refractivity contribution >= 4 is 15.8 Å². The second-order valence-electron chi connectivity index (χ2n) is 6.22. The molecule has 0 aliphatic heterocycles. The van der Waals surface area contributed by atoms with Crippen molar-refractivity contribution in [3.63, 3.8) is 0 Å². The molecule has 2 aromatic rings. The van der Waals surface area contributed by atoms with Crippen molar-refractivity contribution in [2.24, 2.45) is 0 Å². The molecular formula is C28H40NiP2. The number of benzene rings is 2. The first-order chi connectivity index (χ1) is 14.6. The molecule has 0 N–H and O–H groups in total. The van der Waals surface area contributed by atoms with Gasteiger partial charge < -0.3 is 12.8 Å². The fraction of sp³-hybridized carbons (Fsp3) is 0.429. The molecule has 0 heterocycles. The average Bonchev–Trinajstić information content (AvgIpc) is 2.83. The van der Waals surface area contributed by atoms with Crippen molar-refractivity contribution in [3.05, 3.63) is 84.6 Å². The summed E-state index contributed by atoms with van der Waals surface area (Å²) in [5.74, 6) is 4.55. The molecule has 0 aromatic heterocycles. The predicted molar refractivity (Wildman–Crippen MR) is 142 cm³/mol. The number of hydrogen-bond acceptors (Lipinski definition) is 0. The van der Waals surface area contributed by atoms with Gasteiger partial charge in [-0.25, -0.2) is 0 Å². The Kier molecular flexibility index (Phi) is 30.0. The van der Waals surface area contributed by atoms with Gasteiger partial charge in [-0.05, 0) is 37.0 Å². The van der Waals surface area contributed by atoms with Crippen LogP contribution in [0.15, 0.2) is 60.7 Å². The maximum absolute atomic E-state index is 6.69. The van der Waals surface area contributed by atoms with Gasteiger partial charge in [0.25, 0.3) is 0 Å². The Hall–Kier alpha value is -1.09. The molecule has 0 fully saturated rings. The summed E-state index contributed by atoms with van der Waals surface area (Å²) in [7, 11) is 0.892. The van der Waals surface area contributed by atoms with E-state index in [1.807, 2.05) is 60.7 Å². The molecule has 0 amide bonds. The first-order valence-corrected chi connectivity index (χ1v) is 14.8. The van der Waals surface area contributed by atoms with Crippen molar-refractivity contribution in [2.75, 3.05) is 37.0 Å². The largest absolute Gasteiger partial charge is 2.00 e. The molecule has 0 saturated carbocycles. The van der Waals surface area contributed by atoms with Crippen molar-refractivity contribution in [3.8, 4) is 11.8 Å². The molecule has 2 aromatic carbocycles. The van der Waals surface area contributed by atoms with Gasteiger partial charge in [-0.1, -0.05) is 77.9 Å². The van der Waals surface area contributed by atoms with Crippen LogP contribution in [-0.4, -0.2) is 37.0 Å². The molecule has 0 saturated heterocycles. The maximum Gasteiger partial charge on any atom is 2.00 e. The van der Waals surface area contributed by atoms with Gasteiger partial charge in [0.1, 0.15) is 0 Å². The Morgan fingerprint density at radius 3 is 0.839 bits per heavy atom. The Labute approximate surface area is 206 Å².